The van der Waals surface area contributed by atoms with Crippen molar-refractivity contribution >= 4 is 11.8 Å². The second-order valence-corrected chi connectivity index (χ2v) is 3.15. The zero-order valence-electron chi connectivity index (χ0n) is 7.84. The Hall–Kier alpha value is -1.12. The van der Waals surface area contributed by atoms with Gasteiger partial charge in [0, 0.05) is 12.0 Å². The third-order valence-corrected chi connectivity index (χ3v) is 2.25. The highest BCUT2D eigenvalue weighted by Crippen LogP contribution is 2.26. The van der Waals surface area contributed by atoms with E-state index in [0.717, 1.165) is 6.42 Å². The van der Waals surface area contributed by atoms with Gasteiger partial charge in [-0.05, 0) is 19.8 Å². The fraction of sp³-hybridized carbons (Fsp3) is 0.600. The predicted molar refractivity (Wildman–Crippen MR) is 48.1 cm³/mol. The number of hydrogen-bond acceptors (Lipinski definition) is 3. The van der Waals surface area contributed by atoms with Crippen molar-refractivity contribution in [1.29, 1.82) is 0 Å². The summed E-state index contributed by atoms with van der Waals surface area (Å²) >= 11 is 0. The predicted octanol–water partition coefficient (Wildman–Crippen LogP) is 1.47. The molecule has 1 saturated carbocycles. The molecule has 0 heterocycles. The highest BCUT2D eigenvalue weighted by molar-refractivity contribution is 6.00. The number of ether oxygens (including phenoxy) is 1. The Labute approximate surface area is 77.8 Å². The molecule has 0 aromatic rings. The van der Waals surface area contributed by atoms with Crippen LogP contribution in [0.2, 0.25) is 0 Å². The third kappa shape index (κ3) is 2.17. The maximum absolute atomic E-state index is 11.3. The minimum Gasteiger partial charge on any atom is -0.466 e. The van der Waals surface area contributed by atoms with Gasteiger partial charge in [0.25, 0.3) is 0 Å². The zero-order chi connectivity index (χ0) is 9.84. The van der Waals surface area contributed by atoms with E-state index in [9.17, 15) is 9.59 Å². The number of rotatable bonds is 2. The molecule has 1 unspecified atom stereocenters. The van der Waals surface area contributed by atoms with Crippen molar-refractivity contribution in [3.05, 3.63) is 12.2 Å². The first-order valence-corrected chi connectivity index (χ1v) is 4.55. The molecule has 0 spiro atoms. The Morgan fingerprint density at radius 3 is 3.00 bits per heavy atom. The lowest BCUT2D eigenvalue weighted by Crippen LogP contribution is -2.27. The summed E-state index contributed by atoms with van der Waals surface area (Å²) in [6.07, 6.45) is 1.99. The van der Waals surface area contributed by atoms with Gasteiger partial charge in [-0.1, -0.05) is 6.58 Å². The van der Waals surface area contributed by atoms with Crippen LogP contribution in [-0.4, -0.2) is 18.4 Å². The Balaban J connectivity index is 2.63. The van der Waals surface area contributed by atoms with Crippen LogP contribution in [0.25, 0.3) is 0 Å². The first kappa shape index (κ1) is 9.96. The lowest BCUT2D eigenvalue weighted by atomic mass is 9.84. The van der Waals surface area contributed by atoms with Crippen molar-refractivity contribution in [2.24, 2.45) is 5.92 Å². The molecule has 0 aliphatic heterocycles. The second-order valence-electron chi connectivity index (χ2n) is 3.15. The summed E-state index contributed by atoms with van der Waals surface area (Å²) in [5, 5.41) is 0. The van der Waals surface area contributed by atoms with E-state index in [1.807, 2.05) is 0 Å². The number of ketones is 1. The fourth-order valence-electron chi connectivity index (χ4n) is 1.50. The number of esters is 1. The van der Waals surface area contributed by atoms with Crippen molar-refractivity contribution < 1.29 is 14.3 Å². The molecule has 1 rings (SSSR count). The number of hydrogen-bond donors (Lipinski definition) is 0. The molecule has 1 fully saturated rings. The van der Waals surface area contributed by atoms with E-state index < -0.39 is 0 Å². The molecule has 3 nitrogen and oxygen atoms in total. The summed E-state index contributed by atoms with van der Waals surface area (Å²) in [6.45, 7) is 5.74. The number of carbonyl (C=O) groups excluding carboxylic acids is 2. The smallest absolute Gasteiger partial charge is 0.313 e. The molecule has 1 aliphatic carbocycles. The van der Waals surface area contributed by atoms with Gasteiger partial charge >= 0.3 is 5.97 Å². The Morgan fingerprint density at radius 2 is 2.38 bits per heavy atom. The molecule has 1 atom stereocenters. The molecular formula is C10H14O3. The zero-order valence-corrected chi connectivity index (χ0v) is 7.84. The molecule has 3 heteroatoms. The molecule has 0 saturated heterocycles. The minimum absolute atomic E-state index is 0.00398. The van der Waals surface area contributed by atoms with E-state index >= 15 is 0 Å². The lowest BCUT2D eigenvalue weighted by Gasteiger charge is -2.21. The van der Waals surface area contributed by atoms with Gasteiger partial charge in [-0.15, -0.1) is 0 Å². The van der Waals surface area contributed by atoms with Crippen LogP contribution in [0.5, 0.6) is 0 Å². The summed E-state index contributed by atoms with van der Waals surface area (Å²) < 4.78 is 4.85. The van der Waals surface area contributed by atoms with Crippen molar-refractivity contribution in [2.45, 2.75) is 26.2 Å². The average molecular weight is 182 g/mol. The fourth-order valence-corrected chi connectivity index (χ4v) is 1.50. The summed E-state index contributed by atoms with van der Waals surface area (Å²) in [6, 6.07) is 0. The summed E-state index contributed by atoms with van der Waals surface area (Å²) in [5.74, 6) is -0.689. The van der Waals surface area contributed by atoms with Crippen molar-refractivity contribution in [2.75, 3.05) is 6.61 Å². The molecule has 0 aromatic heterocycles. The van der Waals surface area contributed by atoms with Crippen LogP contribution in [0.1, 0.15) is 26.2 Å². The first-order valence-electron chi connectivity index (χ1n) is 4.55. The van der Waals surface area contributed by atoms with Crippen molar-refractivity contribution in [3.8, 4) is 0 Å². The molecule has 0 amide bonds. The molecule has 0 N–H and O–H groups in total. The summed E-state index contributed by atoms with van der Waals surface area (Å²) in [5.41, 5.74) is 0.421. The quantitative estimate of drug-likeness (QED) is 0.480. The van der Waals surface area contributed by atoms with Gasteiger partial charge in [0.1, 0.15) is 0 Å². The SMILES string of the molecule is C=C1C(=O)CCCC1C(=O)OCC. The van der Waals surface area contributed by atoms with Gasteiger partial charge in [-0.3, -0.25) is 9.59 Å². The molecule has 1 aliphatic rings. The largest absolute Gasteiger partial charge is 0.466 e. The van der Waals surface area contributed by atoms with Crippen molar-refractivity contribution in [1.82, 2.24) is 0 Å². The highest BCUT2D eigenvalue weighted by Gasteiger charge is 2.30. The van der Waals surface area contributed by atoms with Gasteiger partial charge in [0.15, 0.2) is 5.78 Å². The number of carbonyl (C=O) groups is 2. The Kier molecular flexibility index (Phi) is 3.23. The van der Waals surface area contributed by atoms with E-state index in [4.69, 9.17) is 4.74 Å². The van der Waals surface area contributed by atoms with Crippen LogP contribution in [0.4, 0.5) is 0 Å². The molecule has 13 heavy (non-hydrogen) atoms. The topological polar surface area (TPSA) is 43.4 Å². The van der Waals surface area contributed by atoms with Crippen LogP contribution < -0.4 is 0 Å². The van der Waals surface area contributed by atoms with Gasteiger partial charge in [-0.2, -0.15) is 0 Å². The summed E-state index contributed by atoms with van der Waals surface area (Å²) in [4.78, 5) is 22.5. The van der Waals surface area contributed by atoms with Gasteiger partial charge in [-0.25, -0.2) is 0 Å². The highest BCUT2D eigenvalue weighted by atomic mass is 16.5. The summed E-state index contributed by atoms with van der Waals surface area (Å²) in [7, 11) is 0. The lowest BCUT2D eigenvalue weighted by molar-refractivity contribution is -0.148. The average Bonchev–Trinajstić information content (AvgIpc) is 2.10. The second kappa shape index (κ2) is 4.21. The molecule has 0 bridgehead atoms. The third-order valence-electron chi connectivity index (χ3n) is 2.25. The maximum atomic E-state index is 11.3. The van der Waals surface area contributed by atoms with Crippen LogP contribution in [0.15, 0.2) is 12.2 Å². The maximum Gasteiger partial charge on any atom is 0.313 e. The Bertz CT molecular complexity index is 243. The molecule has 0 aromatic carbocycles. The Morgan fingerprint density at radius 1 is 1.69 bits per heavy atom. The van der Waals surface area contributed by atoms with E-state index in [1.165, 1.54) is 0 Å². The van der Waals surface area contributed by atoms with E-state index in [0.29, 0.717) is 25.0 Å². The van der Waals surface area contributed by atoms with E-state index in [2.05, 4.69) is 6.58 Å². The van der Waals surface area contributed by atoms with Gasteiger partial charge < -0.3 is 4.74 Å². The molecule has 72 valence electrons. The monoisotopic (exact) mass is 182 g/mol. The van der Waals surface area contributed by atoms with Crippen molar-refractivity contribution in [3.63, 3.8) is 0 Å². The van der Waals surface area contributed by atoms with Crippen LogP contribution in [0, 0.1) is 5.92 Å². The van der Waals surface area contributed by atoms with Crippen LogP contribution in [-0.2, 0) is 14.3 Å². The van der Waals surface area contributed by atoms with Gasteiger partial charge in [0.2, 0.25) is 0 Å². The van der Waals surface area contributed by atoms with E-state index in [-0.39, 0.29) is 17.7 Å². The first-order chi connectivity index (χ1) is 6.16. The van der Waals surface area contributed by atoms with Gasteiger partial charge in [0.05, 0.1) is 12.5 Å². The molecule has 0 radical (unpaired) electrons. The standard InChI is InChI=1S/C10H14O3/c1-3-13-10(12)8-5-4-6-9(11)7(8)2/h8H,2-6H2,1H3. The molecular weight excluding hydrogens is 168 g/mol. The number of Topliss-reactive ketones (excluding diaryl/α,β-unsaturated/α-hetero) is 1. The minimum atomic E-state index is -0.388. The van der Waals surface area contributed by atoms with E-state index in [1.54, 1.807) is 6.92 Å². The van der Waals surface area contributed by atoms with Crippen LogP contribution >= 0.6 is 0 Å². The van der Waals surface area contributed by atoms with Crippen LogP contribution in [0.3, 0.4) is 0 Å². The normalized spacial score (nSPS) is 23.0.